The predicted molar refractivity (Wildman–Crippen MR) is 197 cm³/mol. The average Bonchev–Trinajstić information content (AvgIpc) is 3.77. The second-order valence-electron chi connectivity index (χ2n) is 13.9. The summed E-state index contributed by atoms with van der Waals surface area (Å²) in [5.74, 6) is -0.908. The van der Waals surface area contributed by atoms with E-state index < -0.39 is 29.7 Å². The van der Waals surface area contributed by atoms with Crippen LogP contribution >= 0.6 is 0 Å². The number of pyridine rings is 2. The molecule has 4 amide bonds. The van der Waals surface area contributed by atoms with Crippen molar-refractivity contribution >= 4 is 34.4 Å². The molecule has 8 rings (SSSR count). The van der Waals surface area contributed by atoms with Crippen LogP contribution in [0.2, 0.25) is 0 Å². The highest BCUT2D eigenvalue weighted by molar-refractivity contribution is 6.23. The smallest absolute Gasteiger partial charge is 0.262 e. The number of hydrogen-bond acceptors (Lipinski definition) is 12. The average molecular weight is 747 g/mol. The van der Waals surface area contributed by atoms with Gasteiger partial charge in [-0.3, -0.25) is 44.1 Å². The minimum Gasteiger partial charge on any atom is -0.496 e. The Hall–Kier alpha value is -6.26. The van der Waals surface area contributed by atoms with Gasteiger partial charge in [0.15, 0.2) is 0 Å². The van der Waals surface area contributed by atoms with Crippen LogP contribution in [-0.2, 0) is 34.5 Å². The van der Waals surface area contributed by atoms with Crippen LogP contribution in [0.1, 0.15) is 57.7 Å². The standard InChI is InChI=1S/C39H38N8O8/c1-44-19-30(26-10-11-40-16-29(26)37(44)50)22-13-33(53-2)31(34(14-22)54-3)20-45-12-4-5-25(18-45)55-21-23-17-46(43-42-23)24-6-7-27-28(15-24)39(52)47(38(27)51)32-8-9-35(48)41-36(32)49/h6-7,10-11,13-17,19,25,32H,4-5,8-9,12,18,20-21H2,1-3H3,(H,41,48,49). The first kappa shape index (κ1) is 35.8. The molecule has 3 aliphatic heterocycles. The number of fused-ring (bicyclic) bond motifs is 2. The number of nitrogens with one attached hydrogen (secondary N) is 1. The van der Waals surface area contributed by atoms with Crippen molar-refractivity contribution in [3.63, 3.8) is 0 Å². The SMILES string of the molecule is COc1cc(-c2cn(C)c(=O)c3cnccc23)cc(OC)c1CN1CCCC(OCc2cn(-c3ccc4c(c3)C(=O)N(C3CCC(=O)NC3=O)C4=O)nn2)C1. The van der Waals surface area contributed by atoms with Crippen LogP contribution in [0, 0.1) is 0 Å². The third kappa shape index (κ3) is 6.63. The summed E-state index contributed by atoms with van der Waals surface area (Å²) in [5, 5.41) is 12.0. The van der Waals surface area contributed by atoms with E-state index in [1.807, 2.05) is 24.4 Å². The molecule has 1 N–H and O–H groups in total. The first-order valence-electron chi connectivity index (χ1n) is 17.9. The molecule has 6 heterocycles. The molecule has 282 valence electrons. The van der Waals surface area contributed by atoms with E-state index in [0.29, 0.717) is 41.4 Å². The van der Waals surface area contributed by atoms with Crippen molar-refractivity contribution in [3.8, 4) is 28.3 Å². The first-order valence-corrected chi connectivity index (χ1v) is 17.9. The molecule has 2 aromatic carbocycles. The van der Waals surface area contributed by atoms with Gasteiger partial charge < -0.3 is 18.8 Å². The number of benzene rings is 2. The molecular formula is C39H38N8O8. The monoisotopic (exact) mass is 746 g/mol. The van der Waals surface area contributed by atoms with Crippen LogP contribution in [-0.4, -0.2) is 97.4 Å². The van der Waals surface area contributed by atoms with Crippen molar-refractivity contribution in [2.24, 2.45) is 7.05 Å². The fourth-order valence-electron chi connectivity index (χ4n) is 7.65. The number of amides is 4. The van der Waals surface area contributed by atoms with Gasteiger partial charge in [0.05, 0.1) is 60.9 Å². The zero-order chi connectivity index (χ0) is 38.4. The third-order valence-electron chi connectivity index (χ3n) is 10.4. The second-order valence-corrected chi connectivity index (χ2v) is 13.9. The minimum atomic E-state index is -1.04. The highest BCUT2D eigenvalue weighted by Crippen LogP contribution is 2.38. The van der Waals surface area contributed by atoms with Crippen molar-refractivity contribution in [1.29, 1.82) is 0 Å². The number of aryl methyl sites for hydroxylation is 1. The molecule has 2 atom stereocenters. The predicted octanol–water partition coefficient (Wildman–Crippen LogP) is 2.78. The Morgan fingerprint density at radius 1 is 0.891 bits per heavy atom. The number of piperidine rings is 2. The van der Waals surface area contributed by atoms with E-state index in [9.17, 15) is 24.0 Å². The van der Waals surface area contributed by atoms with Crippen LogP contribution in [0.25, 0.3) is 27.6 Å². The van der Waals surface area contributed by atoms with Gasteiger partial charge >= 0.3 is 0 Å². The van der Waals surface area contributed by atoms with Crippen LogP contribution < -0.4 is 20.3 Å². The van der Waals surface area contributed by atoms with Gasteiger partial charge in [0.1, 0.15) is 23.2 Å². The van der Waals surface area contributed by atoms with Crippen LogP contribution in [0.3, 0.4) is 0 Å². The van der Waals surface area contributed by atoms with Gasteiger partial charge in [0.2, 0.25) is 11.8 Å². The third-order valence-corrected chi connectivity index (χ3v) is 10.4. The highest BCUT2D eigenvalue weighted by atomic mass is 16.5. The van der Waals surface area contributed by atoms with Gasteiger partial charge in [-0.2, -0.15) is 0 Å². The van der Waals surface area contributed by atoms with E-state index in [2.05, 4.69) is 25.5 Å². The van der Waals surface area contributed by atoms with Gasteiger partial charge in [0, 0.05) is 50.7 Å². The van der Waals surface area contributed by atoms with Gasteiger partial charge in [-0.05, 0) is 73.2 Å². The molecule has 3 aliphatic rings. The molecule has 2 unspecified atom stereocenters. The number of imide groups is 2. The molecular weight excluding hydrogens is 708 g/mol. The van der Waals surface area contributed by atoms with E-state index in [0.717, 1.165) is 46.4 Å². The Morgan fingerprint density at radius 3 is 2.44 bits per heavy atom. The molecule has 5 aromatic rings. The maximum absolute atomic E-state index is 13.3. The van der Waals surface area contributed by atoms with Gasteiger partial charge in [-0.1, -0.05) is 5.21 Å². The summed E-state index contributed by atoms with van der Waals surface area (Å²) in [4.78, 5) is 70.6. The van der Waals surface area contributed by atoms with Crippen molar-refractivity contribution in [3.05, 3.63) is 93.9 Å². The number of rotatable bonds is 10. The molecule has 16 nitrogen and oxygen atoms in total. The van der Waals surface area contributed by atoms with Crippen molar-refractivity contribution < 1.29 is 33.4 Å². The minimum absolute atomic E-state index is 0.0479. The van der Waals surface area contributed by atoms with Crippen LogP contribution in [0.4, 0.5) is 0 Å². The number of hydrogen-bond donors (Lipinski definition) is 1. The Balaban J connectivity index is 0.933. The molecule has 0 saturated carbocycles. The first-order chi connectivity index (χ1) is 26.6. The van der Waals surface area contributed by atoms with E-state index in [1.54, 1.807) is 56.6 Å². The Morgan fingerprint density at radius 2 is 1.67 bits per heavy atom. The zero-order valence-corrected chi connectivity index (χ0v) is 30.5. The topological polar surface area (TPSA) is 180 Å². The number of carbonyl (C=O) groups excluding carboxylic acids is 4. The van der Waals surface area contributed by atoms with Gasteiger partial charge in [0.25, 0.3) is 17.4 Å². The van der Waals surface area contributed by atoms with Crippen LogP contribution in [0.15, 0.2) is 66.0 Å². The lowest BCUT2D eigenvalue weighted by Crippen LogP contribution is -2.54. The molecule has 2 saturated heterocycles. The summed E-state index contributed by atoms with van der Waals surface area (Å²) in [5.41, 5.74) is 3.95. The van der Waals surface area contributed by atoms with Gasteiger partial charge in [-0.15, -0.1) is 5.10 Å². The van der Waals surface area contributed by atoms with Crippen molar-refractivity contribution in [2.45, 2.75) is 51.0 Å². The normalized spacial score (nSPS) is 18.9. The summed E-state index contributed by atoms with van der Waals surface area (Å²) in [6.07, 6.45) is 8.65. The lowest BCUT2D eigenvalue weighted by Gasteiger charge is -2.33. The summed E-state index contributed by atoms with van der Waals surface area (Å²) in [6, 6.07) is 9.49. The van der Waals surface area contributed by atoms with Gasteiger partial charge in [-0.25, -0.2) is 4.68 Å². The summed E-state index contributed by atoms with van der Waals surface area (Å²) in [6.45, 7) is 2.32. The second kappa shape index (κ2) is 14.5. The largest absolute Gasteiger partial charge is 0.496 e. The number of carbonyl (C=O) groups is 4. The van der Waals surface area contributed by atoms with E-state index in [1.165, 1.54) is 10.7 Å². The number of aromatic nitrogens is 5. The molecule has 55 heavy (non-hydrogen) atoms. The molecule has 0 radical (unpaired) electrons. The zero-order valence-electron chi connectivity index (χ0n) is 30.5. The Labute approximate surface area is 314 Å². The number of ether oxygens (including phenoxy) is 3. The molecule has 2 fully saturated rings. The quantitative estimate of drug-likeness (QED) is 0.207. The summed E-state index contributed by atoms with van der Waals surface area (Å²) in [7, 11) is 4.99. The van der Waals surface area contributed by atoms with Crippen molar-refractivity contribution in [2.75, 3.05) is 27.3 Å². The summed E-state index contributed by atoms with van der Waals surface area (Å²) >= 11 is 0. The fourth-order valence-corrected chi connectivity index (χ4v) is 7.65. The van der Waals surface area contributed by atoms with E-state index >= 15 is 0 Å². The maximum Gasteiger partial charge on any atom is 0.262 e. The van der Waals surface area contributed by atoms with E-state index in [-0.39, 0.29) is 42.2 Å². The highest BCUT2D eigenvalue weighted by Gasteiger charge is 2.44. The van der Waals surface area contributed by atoms with Crippen molar-refractivity contribution in [1.82, 2.24) is 39.7 Å². The number of likely N-dealkylation sites (tertiary alicyclic amines) is 1. The molecule has 3 aromatic heterocycles. The maximum atomic E-state index is 13.3. The number of methoxy groups -OCH3 is 2. The fraction of sp³-hybridized carbons (Fsp3) is 0.333. The molecule has 0 bridgehead atoms. The molecule has 16 heteroatoms. The van der Waals surface area contributed by atoms with Crippen LogP contribution in [0.5, 0.6) is 11.5 Å². The lowest BCUT2D eigenvalue weighted by atomic mass is 9.98. The van der Waals surface area contributed by atoms with E-state index in [4.69, 9.17) is 14.2 Å². The Bertz CT molecular complexity index is 2420. The lowest BCUT2D eigenvalue weighted by molar-refractivity contribution is -0.136. The summed E-state index contributed by atoms with van der Waals surface area (Å²) < 4.78 is 21.2. The molecule has 0 spiro atoms. The Kier molecular flexibility index (Phi) is 9.44. The molecule has 0 aliphatic carbocycles. The number of nitrogens with zero attached hydrogens (tertiary/aromatic N) is 7.